The fourth-order valence-corrected chi connectivity index (χ4v) is 9.27. The molecule has 0 aliphatic carbocycles. The van der Waals surface area contributed by atoms with Gasteiger partial charge >= 0.3 is 17.8 Å². The lowest BCUT2D eigenvalue weighted by molar-refractivity contribution is -0.175. The minimum absolute atomic E-state index is 0.0212. The van der Waals surface area contributed by atoms with Crippen LogP contribution >= 0.6 is 8.53 Å². The maximum atomic E-state index is 13.6. The predicted molar refractivity (Wildman–Crippen MR) is 233 cm³/mol. The van der Waals surface area contributed by atoms with Crippen molar-refractivity contribution in [2.24, 2.45) is 0 Å². The highest BCUT2D eigenvalue weighted by Gasteiger charge is 2.52. The third kappa shape index (κ3) is 12.6. The van der Waals surface area contributed by atoms with Crippen molar-refractivity contribution in [1.29, 1.82) is 5.26 Å². The van der Waals surface area contributed by atoms with Crippen LogP contribution < -0.4 is 26.0 Å². The van der Waals surface area contributed by atoms with Crippen LogP contribution in [0, 0.1) is 11.3 Å². The second-order valence-corrected chi connectivity index (χ2v) is 16.8. The Morgan fingerprint density at radius 1 is 0.877 bits per heavy atom. The van der Waals surface area contributed by atoms with Crippen molar-refractivity contribution in [1.82, 2.24) is 19.5 Å². The molecule has 3 aromatic carbocycles. The van der Waals surface area contributed by atoms with Gasteiger partial charge < -0.3 is 42.8 Å². The molecule has 0 spiro atoms. The largest absolute Gasteiger partial charge is 0.497 e. The van der Waals surface area contributed by atoms with Crippen LogP contribution in [0.2, 0.25) is 0 Å². The van der Waals surface area contributed by atoms with Crippen LogP contribution in [0.1, 0.15) is 57.0 Å². The van der Waals surface area contributed by atoms with Gasteiger partial charge in [0.25, 0.3) is 14.1 Å². The highest BCUT2D eigenvalue weighted by Crippen LogP contribution is 2.51. The molecule has 1 aliphatic heterocycles. The van der Waals surface area contributed by atoms with Crippen LogP contribution in [0.5, 0.6) is 11.5 Å². The average Bonchev–Trinajstić information content (AvgIpc) is 3.61. The third-order valence-electron chi connectivity index (χ3n) is 10.4. The van der Waals surface area contributed by atoms with Gasteiger partial charge in [-0.1, -0.05) is 54.6 Å². The topological polar surface area (TPSA) is 185 Å². The summed E-state index contributed by atoms with van der Waals surface area (Å²) in [7, 11) is 2.28. The van der Waals surface area contributed by atoms with Gasteiger partial charge in [0.1, 0.15) is 35.4 Å². The standard InChI is InChI=1S/C45H55F3N5O11P/c1-29(2)53(30(3)4)65(62-25-11-23-49)64-39-37(63-41(52-24-22-38(54)51-43(52)56)40(39)60-27-34(26-57-5)50-42(55)45(46,47)48)28-61-44(31-12-9-8-10-13-31,32-14-18-35(58-6)19-15-32)33-16-20-36(59-7)21-17-33/h8-10,12-22,24,29-30,34,37,39-41H,11,25-28H2,1-7H3,(H,50,55)(H,51,54,56)/t34-,37-,39-,40-,41-,65?/m1/s1. The molecule has 2 N–H and O–H groups in total. The summed E-state index contributed by atoms with van der Waals surface area (Å²) >= 11 is 0. The maximum absolute atomic E-state index is 13.6. The van der Waals surface area contributed by atoms with E-state index in [0.717, 1.165) is 10.6 Å². The summed E-state index contributed by atoms with van der Waals surface area (Å²) in [4.78, 5) is 40.2. The van der Waals surface area contributed by atoms with Gasteiger partial charge in [0, 0.05) is 31.5 Å². The number of aromatic amines is 1. The van der Waals surface area contributed by atoms with Gasteiger partial charge in [-0.25, -0.2) is 9.46 Å². The second kappa shape index (κ2) is 23.3. The van der Waals surface area contributed by atoms with E-state index in [1.54, 1.807) is 38.5 Å². The summed E-state index contributed by atoms with van der Waals surface area (Å²) in [5.74, 6) is -1.03. The van der Waals surface area contributed by atoms with E-state index in [1.807, 2.05) is 92.3 Å². The molecule has 0 saturated carbocycles. The monoisotopic (exact) mass is 929 g/mol. The molecule has 1 fully saturated rings. The fourth-order valence-electron chi connectivity index (χ4n) is 7.51. The summed E-state index contributed by atoms with van der Waals surface area (Å²) in [5, 5.41) is 11.4. The van der Waals surface area contributed by atoms with E-state index in [1.165, 1.54) is 13.3 Å². The first-order valence-electron chi connectivity index (χ1n) is 20.8. The van der Waals surface area contributed by atoms with Gasteiger partial charge in [0.05, 0.1) is 59.2 Å². The molecule has 4 aromatic rings. The molecule has 352 valence electrons. The van der Waals surface area contributed by atoms with Gasteiger partial charge in [-0.15, -0.1) is 0 Å². The maximum Gasteiger partial charge on any atom is 0.471 e. The summed E-state index contributed by atoms with van der Waals surface area (Å²) in [6.45, 7) is 6.46. The molecule has 20 heteroatoms. The lowest BCUT2D eigenvalue weighted by Crippen LogP contribution is -2.49. The Labute approximate surface area is 376 Å². The first kappa shape index (κ1) is 50.8. The van der Waals surface area contributed by atoms with Crippen molar-refractivity contribution in [3.05, 3.63) is 129 Å². The Bertz CT molecular complexity index is 2220. The molecular weight excluding hydrogens is 874 g/mol. The zero-order chi connectivity index (χ0) is 47.3. The number of H-pyrrole nitrogens is 1. The number of nitriles is 1. The number of nitrogens with one attached hydrogen (secondary N) is 2. The fraction of sp³-hybridized carbons (Fsp3) is 0.467. The number of alkyl halides is 3. The van der Waals surface area contributed by atoms with E-state index < -0.39 is 81.3 Å². The van der Waals surface area contributed by atoms with Crippen molar-refractivity contribution >= 4 is 14.4 Å². The molecule has 1 saturated heterocycles. The summed E-state index contributed by atoms with van der Waals surface area (Å²) in [5.41, 5.74) is -0.885. The number of hydrogen-bond acceptors (Lipinski definition) is 13. The van der Waals surface area contributed by atoms with Crippen molar-refractivity contribution in [2.75, 3.05) is 47.8 Å². The van der Waals surface area contributed by atoms with Gasteiger partial charge in [0.2, 0.25) is 0 Å². The molecule has 65 heavy (non-hydrogen) atoms. The highest BCUT2D eigenvalue weighted by atomic mass is 31.2. The minimum Gasteiger partial charge on any atom is -0.497 e. The molecule has 1 aromatic heterocycles. The van der Waals surface area contributed by atoms with Crippen LogP contribution in [0.4, 0.5) is 13.2 Å². The number of amides is 1. The number of rotatable bonds is 23. The lowest BCUT2D eigenvalue weighted by atomic mass is 9.80. The van der Waals surface area contributed by atoms with E-state index in [-0.39, 0.29) is 31.7 Å². The number of ether oxygens (including phenoxy) is 6. The molecule has 16 nitrogen and oxygen atoms in total. The van der Waals surface area contributed by atoms with Gasteiger partial charge in [0.15, 0.2) is 6.23 Å². The number of methoxy groups -OCH3 is 3. The number of nitrogens with zero attached hydrogens (tertiary/aromatic N) is 3. The average molecular weight is 930 g/mol. The number of aromatic nitrogens is 2. The van der Waals surface area contributed by atoms with Crippen LogP contribution in [0.15, 0.2) is 101 Å². The molecule has 5 rings (SSSR count). The van der Waals surface area contributed by atoms with Gasteiger partial charge in [-0.2, -0.15) is 18.4 Å². The van der Waals surface area contributed by atoms with Gasteiger partial charge in [-0.05, 0) is 68.7 Å². The highest BCUT2D eigenvalue weighted by molar-refractivity contribution is 7.44. The molecule has 2 heterocycles. The zero-order valence-electron chi connectivity index (χ0n) is 37.2. The van der Waals surface area contributed by atoms with Crippen molar-refractivity contribution in [2.45, 2.75) is 88.6 Å². The minimum atomic E-state index is -5.21. The third-order valence-corrected chi connectivity index (χ3v) is 12.5. The van der Waals surface area contributed by atoms with E-state index in [9.17, 15) is 32.8 Å². The van der Waals surface area contributed by atoms with Crippen molar-refractivity contribution in [3.63, 3.8) is 0 Å². The Morgan fingerprint density at radius 3 is 1.97 bits per heavy atom. The SMILES string of the molecule is COC[C@H](CO[C@@H]1[C@H](OP(OCCC#N)N(C(C)C)C(C)C)[C@@H](COC(c2ccccc2)(c2ccc(OC)cc2)c2ccc(OC)cc2)O[C@H]1n1ccc(=O)[nH]c1=O)NC(=O)C(F)(F)F. The zero-order valence-corrected chi connectivity index (χ0v) is 38.0. The first-order valence-corrected chi connectivity index (χ1v) is 21.9. The van der Waals surface area contributed by atoms with Crippen molar-refractivity contribution < 1.29 is 55.4 Å². The van der Waals surface area contributed by atoms with E-state index in [2.05, 4.69) is 11.1 Å². The lowest BCUT2D eigenvalue weighted by Gasteiger charge is -2.39. The molecule has 1 amide bonds. The predicted octanol–water partition coefficient (Wildman–Crippen LogP) is 6.20. The first-order chi connectivity index (χ1) is 31.1. The van der Waals surface area contributed by atoms with Gasteiger partial charge in [-0.3, -0.25) is 19.1 Å². The number of benzene rings is 3. The smallest absolute Gasteiger partial charge is 0.471 e. The number of hydrogen-bond donors (Lipinski definition) is 2. The van der Waals surface area contributed by atoms with Crippen LogP contribution in [-0.4, -0.2) is 110 Å². The molecular formula is C45H55F3N5O11P. The number of carbonyl (C=O) groups is 1. The van der Waals surface area contributed by atoms with E-state index in [0.29, 0.717) is 28.2 Å². The summed E-state index contributed by atoms with van der Waals surface area (Å²) < 4.78 is 93.4. The Balaban J connectivity index is 1.70. The van der Waals surface area contributed by atoms with Crippen LogP contribution in [0.3, 0.4) is 0 Å². The summed E-state index contributed by atoms with van der Waals surface area (Å²) in [6.07, 6.45) is -9.15. The summed E-state index contributed by atoms with van der Waals surface area (Å²) in [6, 6.07) is 25.6. The Morgan fingerprint density at radius 2 is 1.46 bits per heavy atom. The molecule has 6 atom stereocenters. The van der Waals surface area contributed by atoms with Crippen LogP contribution in [0.25, 0.3) is 0 Å². The van der Waals surface area contributed by atoms with E-state index >= 15 is 0 Å². The van der Waals surface area contributed by atoms with Crippen molar-refractivity contribution in [3.8, 4) is 17.6 Å². The second-order valence-electron chi connectivity index (χ2n) is 15.4. The van der Waals surface area contributed by atoms with E-state index in [4.69, 9.17) is 37.5 Å². The number of halogens is 3. The molecule has 0 radical (unpaired) electrons. The quantitative estimate of drug-likeness (QED) is 0.0488. The number of carbonyl (C=O) groups excluding carboxylic acids is 1. The Kier molecular flexibility index (Phi) is 18.3. The normalized spacial score (nSPS) is 18.7. The van der Waals surface area contributed by atoms with Crippen LogP contribution in [-0.2, 0) is 38.4 Å². The molecule has 1 unspecified atom stereocenters. The Hall–Kier alpha value is -5.16. The molecule has 0 bridgehead atoms. The molecule has 1 aliphatic rings.